The van der Waals surface area contributed by atoms with Crippen molar-refractivity contribution in [3.05, 3.63) is 71.6 Å². The van der Waals surface area contributed by atoms with Crippen molar-refractivity contribution in [3.8, 4) is 16.2 Å². The molecule has 0 atom stereocenters. The van der Waals surface area contributed by atoms with E-state index in [0.29, 0.717) is 11.5 Å². The number of hydrogen-bond acceptors (Lipinski definition) is 3. The molecule has 2 aromatic carbocycles. The molecule has 23 heavy (non-hydrogen) atoms. The first-order chi connectivity index (χ1) is 11.3. The van der Waals surface area contributed by atoms with E-state index in [0.717, 1.165) is 21.9 Å². The third-order valence-corrected chi connectivity index (χ3v) is 4.44. The summed E-state index contributed by atoms with van der Waals surface area (Å²) >= 11 is 1.49. The Labute approximate surface area is 139 Å². The molecule has 0 saturated carbocycles. The smallest absolute Gasteiger partial charge is 0.265 e. The highest BCUT2D eigenvalue weighted by molar-refractivity contribution is 7.17. The molecule has 0 saturated heterocycles. The molecular weight excluding hydrogens is 306 g/mol. The quantitative estimate of drug-likeness (QED) is 0.712. The number of ether oxygens (including phenoxy) is 1. The van der Waals surface area contributed by atoms with Crippen LogP contribution >= 0.6 is 11.3 Å². The zero-order valence-electron chi connectivity index (χ0n) is 12.8. The first-order valence-corrected chi connectivity index (χ1v) is 8.27. The third kappa shape index (κ3) is 3.79. The van der Waals surface area contributed by atoms with Crippen LogP contribution in [0.2, 0.25) is 0 Å². The van der Waals surface area contributed by atoms with Crippen molar-refractivity contribution >= 4 is 22.9 Å². The maximum Gasteiger partial charge on any atom is 0.265 e. The molecule has 0 spiro atoms. The minimum atomic E-state index is -0.0960. The Morgan fingerprint density at radius 2 is 1.74 bits per heavy atom. The minimum absolute atomic E-state index is 0.0960. The van der Waals surface area contributed by atoms with Crippen molar-refractivity contribution in [2.24, 2.45) is 0 Å². The molecule has 3 rings (SSSR count). The van der Waals surface area contributed by atoms with Crippen LogP contribution in [-0.2, 0) is 0 Å². The number of nitrogens with one attached hydrogen (secondary N) is 1. The molecule has 1 aromatic heterocycles. The van der Waals surface area contributed by atoms with E-state index < -0.39 is 0 Å². The summed E-state index contributed by atoms with van der Waals surface area (Å²) in [6, 6.07) is 21.3. The van der Waals surface area contributed by atoms with Crippen molar-refractivity contribution in [1.29, 1.82) is 0 Å². The number of anilines is 1. The first kappa shape index (κ1) is 15.3. The Morgan fingerprint density at radius 3 is 2.43 bits per heavy atom. The second kappa shape index (κ2) is 7.11. The number of thiophene rings is 1. The van der Waals surface area contributed by atoms with E-state index in [4.69, 9.17) is 4.74 Å². The minimum Gasteiger partial charge on any atom is -0.494 e. The van der Waals surface area contributed by atoms with E-state index in [1.165, 1.54) is 11.3 Å². The van der Waals surface area contributed by atoms with Crippen LogP contribution in [0.1, 0.15) is 16.6 Å². The predicted molar refractivity (Wildman–Crippen MR) is 95.3 cm³/mol. The van der Waals surface area contributed by atoms with Crippen molar-refractivity contribution < 1.29 is 9.53 Å². The third-order valence-electron chi connectivity index (χ3n) is 3.31. The number of rotatable bonds is 5. The fourth-order valence-corrected chi connectivity index (χ4v) is 3.12. The van der Waals surface area contributed by atoms with Crippen LogP contribution in [0.3, 0.4) is 0 Å². The molecule has 0 radical (unpaired) electrons. The van der Waals surface area contributed by atoms with Crippen molar-refractivity contribution in [2.75, 3.05) is 11.9 Å². The summed E-state index contributed by atoms with van der Waals surface area (Å²) in [6.07, 6.45) is 0. The normalized spacial score (nSPS) is 10.3. The van der Waals surface area contributed by atoms with Gasteiger partial charge in [0.25, 0.3) is 5.91 Å². The lowest BCUT2D eigenvalue weighted by molar-refractivity contribution is 0.103. The van der Waals surface area contributed by atoms with Crippen molar-refractivity contribution in [3.63, 3.8) is 0 Å². The van der Waals surface area contributed by atoms with E-state index in [1.54, 1.807) is 0 Å². The van der Waals surface area contributed by atoms with Gasteiger partial charge >= 0.3 is 0 Å². The number of hydrogen-bond donors (Lipinski definition) is 1. The molecule has 0 unspecified atom stereocenters. The van der Waals surface area contributed by atoms with Gasteiger partial charge in [-0.25, -0.2) is 0 Å². The molecule has 3 nitrogen and oxygen atoms in total. The van der Waals surface area contributed by atoms with Crippen LogP contribution in [0.5, 0.6) is 5.75 Å². The summed E-state index contributed by atoms with van der Waals surface area (Å²) in [5.74, 6) is 0.703. The summed E-state index contributed by atoms with van der Waals surface area (Å²) in [5.41, 5.74) is 1.88. The van der Waals surface area contributed by atoms with Crippen molar-refractivity contribution in [1.82, 2.24) is 0 Å². The summed E-state index contributed by atoms with van der Waals surface area (Å²) in [5, 5.41) is 2.91. The van der Waals surface area contributed by atoms with E-state index in [2.05, 4.69) is 5.32 Å². The van der Waals surface area contributed by atoms with Gasteiger partial charge in [0, 0.05) is 10.6 Å². The number of benzene rings is 2. The van der Waals surface area contributed by atoms with Gasteiger partial charge in [-0.3, -0.25) is 4.79 Å². The maximum absolute atomic E-state index is 12.3. The second-order valence-electron chi connectivity index (χ2n) is 4.94. The molecule has 4 heteroatoms. The maximum atomic E-state index is 12.3. The highest BCUT2D eigenvalue weighted by Crippen LogP contribution is 2.28. The Bertz CT molecular complexity index is 779. The summed E-state index contributed by atoms with van der Waals surface area (Å²) in [7, 11) is 0. The van der Waals surface area contributed by atoms with E-state index in [9.17, 15) is 4.79 Å². The molecule has 0 bridgehead atoms. The SMILES string of the molecule is CCOc1ccc(NC(=O)c2ccc(-c3ccccc3)s2)cc1. The van der Waals surface area contributed by atoms with Gasteiger partial charge in [-0.2, -0.15) is 0 Å². The first-order valence-electron chi connectivity index (χ1n) is 7.46. The fourth-order valence-electron chi connectivity index (χ4n) is 2.21. The zero-order chi connectivity index (χ0) is 16.1. The van der Waals surface area contributed by atoms with Gasteiger partial charge in [-0.05, 0) is 48.9 Å². The Balaban J connectivity index is 1.70. The monoisotopic (exact) mass is 323 g/mol. The molecule has 0 fully saturated rings. The van der Waals surface area contributed by atoms with Crippen LogP contribution < -0.4 is 10.1 Å². The van der Waals surface area contributed by atoms with Gasteiger partial charge < -0.3 is 10.1 Å². The number of carbonyl (C=O) groups is 1. The molecule has 1 N–H and O–H groups in total. The predicted octanol–water partition coefficient (Wildman–Crippen LogP) is 5.07. The summed E-state index contributed by atoms with van der Waals surface area (Å²) in [6.45, 7) is 2.57. The molecule has 0 aliphatic rings. The zero-order valence-corrected chi connectivity index (χ0v) is 13.6. The Kier molecular flexibility index (Phi) is 4.74. The summed E-state index contributed by atoms with van der Waals surface area (Å²) < 4.78 is 5.39. The van der Waals surface area contributed by atoms with Gasteiger partial charge in [0.05, 0.1) is 11.5 Å². The van der Waals surface area contributed by atoms with Crippen LogP contribution in [0.25, 0.3) is 10.4 Å². The standard InChI is InChI=1S/C19H17NO2S/c1-2-22-16-10-8-15(9-11-16)20-19(21)18-13-12-17(23-18)14-6-4-3-5-7-14/h3-13H,2H2,1H3,(H,20,21). The number of carbonyl (C=O) groups excluding carboxylic acids is 1. The Morgan fingerprint density at radius 1 is 1.00 bits per heavy atom. The molecule has 1 amide bonds. The molecule has 0 aliphatic heterocycles. The van der Waals surface area contributed by atoms with E-state index >= 15 is 0 Å². The van der Waals surface area contributed by atoms with Gasteiger partial charge in [0.15, 0.2) is 0 Å². The van der Waals surface area contributed by atoms with E-state index in [1.807, 2.05) is 73.7 Å². The van der Waals surface area contributed by atoms with Gasteiger partial charge in [-0.15, -0.1) is 11.3 Å². The lowest BCUT2D eigenvalue weighted by Gasteiger charge is -2.06. The largest absolute Gasteiger partial charge is 0.494 e. The average molecular weight is 323 g/mol. The molecule has 116 valence electrons. The van der Waals surface area contributed by atoms with Gasteiger partial charge in [0.2, 0.25) is 0 Å². The average Bonchev–Trinajstić information content (AvgIpc) is 3.08. The van der Waals surface area contributed by atoms with Crippen LogP contribution in [0.15, 0.2) is 66.7 Å². The van der Waals surface area contributed by atoms with Gasteiger partial charge in [0.1, 0.15) is 5.75 Å². The summed E-state index contributed by atoms with van der Waals surface area (Å²) in [4.78, 5) is 14.1. The molecule has 1 heterocycles. The highest BCUT2D eigenvalue weighted by atomic mass is 32.1. The highest BCUT2D eigenvalue weighted by Gasteiger charge is 2.10. The lowest BCUT2D eigenvalue weighted by atomic mass is 10.2. The Hall–Kier alpha value is -2.59. The van der Waals surface area contributed by atoms with E-state index in [-0.39, 0.29) is 5.91 Å². The fraction of sp³-hybridized carbons (Fsp3) is 0.105. The van der Waals surface area contributed by atoms with Crippen LogP contribution in [0.4, 0.5) is 5.69 Å². The van der Waals surface area contributed by atoms with Crippen molar-refractivity contribution in [2.45, 2.75) is 6.92 Å². The van der Waals surface area contributed by atoms with Gasteiger partial charge in [-0.1, -0.05) is 30.3 Å². The van der Waals surface area contributed by atoms with Crippen LogP contribution in [0, 0.1) is 0 Å². The molecule has 0 aliphatic carbocycles. The molecular formula is C19H17NO2S. The lowest BCUT2D eigenvalue weighted by Crippen LogP contribution is -2.09. The second-order valence-corrected chi connectivity index (χ2v) is 6.03. The molecule has 3 aromatic rings. The number of amides is 1. The van der Waals surface area contributed by atoms with Crippen LogP contribution in [-0.4, -0.2) is 12.5 Å². The topological polar surface area (TPSA) is 38.3 Å².